The first-order valence-corrected chi connectivity index (χ1v) is 7.90. The van der Waals surface area contributed by atoms with Gasteiger partial charge in [-0.05, 0) is 12.1 Å². The highest BCUT2D eigenvalue weighted by Gasteiger charge is 2.22. The maximum Gasteiger partial charge on any atom is 0.287 e. The number of fused-ring (bicyclic) bond motifs is 1. The van der Waals surface area contributed by atoms with Gasteiger partial charge in [0.05, 0.1) is 11.9 Å². The van der Waals surface area contributed by atoms with Gasteiger partial charge in [0.25, 0.3) is 5.56 Å². The number of rotatable bonds is 2. The van der Waals surface area contributed by atoms with E-state index in [0.717, 1.165) is 37.6 Å². The molecule has 0 N–H and O–H groups in total. The standard InChI is InChI=1S/C14H15ClN8O/c1-20-14(24)13(15)10(8-17-20)21-4-6-22(7-5-21)12-3-2-11-18-16-9-23(11)19-12/h2-3,8-9H,4-7H2,1H3. The summed E-state index contributed by atoms with van der Waals surface area (Å²) < 4.78 is 2.89. The van der Waals surface area contributed by atoms with Crippen molar-refractivity contribution in [1.82, 2.24) is 29.6 Å². The average Bonchev–Trinajstić information content (AvgIpc) is 3.08. The molecule has 0 saturated carbocycles. The summed E-state index contributed by atoms with van der Waals surface area (Å²) in [6, 6.07) is 3.83. The lowest BCUT2D eigenvalue weighted by atomic mass is 10.2. The molecule has 0 amide bonds. The third-order valence-corrected chi connectivity index (χ3v) is 4.51. The van der Waals surface area contributed by atoms with Gasteiger partial charge >= 0.3 is 0 Å². The lowest BCUT2D eigenvalue weighted by Gasteiger charge is -2.36. The molecule has 0 unspecified atom stereocenters. The van der Waals surface area contributed by atoms with Gasteiger partial charge in [-0.2, -0.15) is 9.61 Å². The molecular weight excluding hydrogens is 332 g/mol. The summed E-state index contributed by atoms with van der Waals surface area (Å²) in [5.41, 5.74) is 1.12. The minimum atomic E-state index is -0.281. The molecule has 9 nitrogen and oxygen atoms in total. The Labute approximate surface area is 142 Å². The van der Waals surface area contributed by atoms with Crippen LogP contribution in [0.3, 0.4) is 0 Å². The van der Waals surface area contributed by atoms with Crippen LogP contribution in [0.2, 0.25) is 5.02 Å². The number of aryl methyl sites for hydroxylation is 1. The molecular formula is C14H15ClN8O. The second-order valence-electron chi connectivity index (χ2n) is 5.57. The van der Waals surface area contributed by atoms with Crippen molar-refractivity contribution in [2.24, 2.45) is 7.05 Å². The van der Waals surface area contributed by atoms with Crippen molar-refractivity contribution in [3.8, 4) is 0 Å². The van der Waals surface area contributed by atoms with Gasteiger partial charge in [0, 0.05) is 33.2 Å². The molecule has 1 fully saturated rings. The molecule has 1 aliphatic rings. The third kappa shape index (κ3) is 2.46. The van der Waals surface area contributed by atoms with E-state index in [0.29, 0.717) is 5.69 Å². The number of hydrogen-bond donors (Lipinski definition) is 0. The molecule has 4 rings (SSSR count). The van der Waals surface area contributed by atoms with Gasteiger partial charge in [-0.3, -0.25) is 4.79 Å². The van der Waals surface area contributed by atoms with Gasteiger partial charge in [0.1, 0.15) is 17.2 Å². The van der Waals surface area contributed by atoms with Crippen LogP contribution in [-0.4, -0.2) is 55.8 Å². The van der Waals surface area contributed by atoms with Crippen molar-refractivity contribution in [2.75, 3.05) is 36.0 Å². The van der Waals surface area contributed by atoms with E-state index in [1.165, 1.54) is 4.68 Å². The average molecular weight is 347 g/mol. The van der Waals surface area contributed by atoms with Crippen LogP contribution in [0.5, 0.6) is 0 Å². The Kier molecular flexibility index (Phi) is 3.57. The molecule has 3 aromatic rings. The monoisotopic (exact) mass is 346 g/mol. The Morgan fingerprint density at radius 3 is 2.67 bits per heavy atom. The van der Waals surface area contributed by atoms with Gasteiger partial charge in [-0.15, -0.1) is 15.3 Å². The fourth-order valence-corrected chi connectivity index (χ4v) is 3.08. The second kappa shape index (κ2) is 5.75. The fraction of sp³-hybridized carbons (Fsp3) is 0.357. The van der Waals surface area contributed by atoms with Crippen LogP contribution in [0.4, 0.5) is 11.5 Å². The van der Waals surface area contributed by atoms with Crippen LogP contribution >= 0.6 is 11.6 Å². The Morgan fingerprint density at radius 1 is 1.12 bits per heavy atom. The molecule has 0 spiro atoms. The summed E-state index contributed by atoms with van der Waals surface area (Å²) in [7, 11) is 1.59. The Hall–Kier alpha value is -2.68. The van der Waals surface area contributed by atoms with E-state index in [1.54, 1.807) is 24.1 Å². The first-order chi connectivity index (χ1) is 11.6. The summed E-state index contributed by atoms with van der Waals surface area (Å²) in [4.78, 5) is 16.2. The number of hydrogen-bond acceptors (Lipinski definition) is 7. The van der Waals surface area contributed by atoms with Crippen molar-refractivity contribution in [3.05, 3.63) is 40.0 Å². The lowest BCUT2D eigenvalue weighted by molar-refractivity contribution is 0.633. The number of anilines is 2. The van der Waals surface area contributed by atoms with E-state index in [9.17, 15) is 4.79 Å². The van der Waals surface area contributed by atoms with Crippen LogP contribution < -0.4 is 15.4 Å². The first-order valence-electron chi connectivity index (χ1n) is 7.52. The summed E-state index contributed by atoms with van der Waals surface area (Å²) in [5, 5.41) is 16.6. The molecule has 3 aromatic heterocycles. The molecule has 124 valence electrons. The first kappa shape index (κ1) is 14.9. The lowest BCUT2D eigenvalue weighted by Crippen LogP contribution is -2.47. The van der Waals surface area contributed by atoms with E-state index >= 15 is 0 Å². The summed E-state index contributed by atoms with van der Waals surface area (Å²) in [6.07, 6.45) is 3.22. The van der Waals surface area contributed by atoms with Crippen LogP contribution in [0.1, 0.15) is 0 Å². The zero-order valence-electron chi connectivity index (χ0n) is 13.0. The maximum atomic E-state index is 11.9. The predicted octanol–water partition coefficient (Wildman–Crippen LogP) is 0.198. The molecule has 0 radical (unpaired) electrons. The molecule has 1 aliphatic heterocycles. The van der Waals surface area contributed by atoms with Crippen molar-refractivity contribution < 1.29 is 0 Å². The number of nitrogens with zero attached hydrogens (tertiary/aromatic N) is 8. The fourth-order valence-electron chi connectivity index (χ4n) is 2.79. The number of halogens is 1. The molecule has 0 atom stereocenters. The van der Waals surface area contributed by atoms with Crippen molar-refractivity contribution in [2.45, 2.75) is 0 Å². The maximum absolute atomic E-state index is 11.9. The summed E-state index contributed by atoms with van der Waals surface area (Å²) in [5.74, 6) is 0.871. The Balaban J connectivity index is 1.52. The highest BCUT2D eigenvalue weighted by atomic mass is 35.5. The number of piperazine rings is 1. The van der Waals surface area contributed by atoms with Crippen LogP contribution in [0.15, 0.2) is 29.5 Å². The van der Waals surface area contributed by atoms with Crippen LogP contribution in [0.25, 0.3) is 5.65 Å². The normalized spacial score (nSPS) is 15.2. The highest BCUT2D eigenvalue weighted by Crippen LogP contribution is 2.23. The molecule has 10 heteroatoms. The van der Waals surface area contributed by atoms with Crippen molar-refractivity contribution >= 4 is 28.8 Å². The van der Waals surface area contributed by atoms with Crippen molar-refractivity contribution in [3.63, 3.8) is 0 Å². The molecule has 0 bridgehead atoms. The Morgan fingerprint density at radius 2 is 1.88 bits per heavy atom. The summed E-state index contributed by atoms with van der Waals surface area (Å²) >= 11 is 6.18. The highest BCUT2D eigenvalue weighted by molar-refractivity contribution is 6.33. The molecule has 0 aromatic carbocycles. The largest absolute Gasteiger partial charge is 0.365 e. The van der Waals surface area contributed by atoms with Crippen LogP contribution in [-0.2, 0) is 7.05 Å². The summed E-state index contributed by atoms with van der Waals surface area (Å²) in [6.45, 7) is 3.01. The van der Waals surface area contributed by atoms with Gasteiger partial charge in [0.15, 0.2) is 5.65 Å². The van der Waals surface area contributed by atoms with E-state index in [1.807, 2.05) is 12.1 Å². The minimum absolute atomic E-state index is 0.213. The van der Waals surface area contributed by atoms with E-state index in [-0.39, 0.29) is 10.6 Å². The van der Waals surface area contributed by atoms with Gasteiger partial charge in [-0.1, -0.05) is 11.6 Å². The predicted molar refractivity (Wildman–Crippen MR) is 89.7 cm³/mol. The van der Waals surface area contributed by atoms with Gasteiger partial charge in [0.2, 0.25) is 0 Å². The van der Waals surface area contributed by atoms with E-state index in [2.05, 4.69) is 30.2 Å². The van der Waals surface area contributed by atoms with Crippen LogP contribution in [0, 0.1) is 0 Å². The van der Waals surface area contributed by atoms with Crippen molar-refractivity contribution in [1.29, 1.82) is 0 Å². The van der Waals surface area contributed by atoms with Gasteiger partial charge < -0.3 is 9.80 Å². The Bertz CT molecular complexity index is 943. The van der Waals surface area contributed by atoms with Gasteiger partial charge in [-0.25, -0.2) is 4.68 Å². The third-order valence-electron chi connectivity index (χ3n) is 4.15. The molecule has 1 saturated heterocycles. The van der Waals surface area contributed by atoms with E-state index < -0.39 is 0 Å². The topological polar surface area (TPSA) is 84.5 Å². The minimum Gasteiger partial charge on any atom is -0.365 e. The quantitative estimate of drug-likeness (QED) is 0.655. The smallest absolute Gasteiger partial charge is 0.287 e. The zero-order valence-corrected chi connectivity index (χ0v) is 13.8. The van der Waals surface area contributed by atoms with E-state index in [4.69, 9.17) is 11.6 Å². The molecule has 0 aliphatic carbocycles. The second-order valence-corrected chi connectivity index (χ2v) is 5.95. The SMILES string of the molecule is Cn1ncc(N2CCN(c3ccc4nncn4n3)CC2)c(Cl)c1=O. The zero-order chi connectivity index (χ0) is 16.7. The number of aromatic nitrogens is 6. The molecule has 24 heavy (non-hydrogen) atoms. The molecule has 4 heterocycles.